The summed E-state index contributed by atoms with van der Waals surface area (Å²) in [4.78, 5) is 12.2. The van der Waals surface area contributed by atoms with Gasteiger partial charge in [-0.1, -0.05) is 11.6 Å². The summed E-state index contributed by atoms with van der Waals surface area (Å²) in [6.45, 7) is 0.377. The van der Waals surface area contributed by atoms with Crippen LogP contribution in [-0.2, 0) is 6.54 Å². The molecule has 2 N–H and O–H groups in total. The second-order valence-corrected chi connectivity index (χ2v) is 5.52. The van der Waals surface area contributed by atoms with Crippen molar-refractivity contribution in [2.24, 2.45) is 0 Å². The van der Waals surface area contributed by atoms with Gasteiger partial charge < -0.3 is 19.9 Å². The summed E-state index contributed by atoms with van der Waals surface area (Å²) in [5, 5.41) is 16.0. The van der Waals surface area contributed by atoms with E-state index in [-0.39, 0.29) is 19.1 Å². The smallest absolute Gasteiger partial charge is 0.251 e. The summed E-state index contributed by atoms with van der Waals surface area (Å²) in [6, 6.07) is 4.88. The van der Waals surface area contributed by atoms with Crippen LogP contribution in [-0.4, -0.2) is 31.3 Å². The monoisotopic (exact) mass is 341 g/mol. The molecule has 5 nitrogen and oxygen atoms in total. The number of halogens is 1. The fraction of sp³-hybridized carbons (Fsp3) is 0.267. The second kappa shape index (κ2) is 8.03. The number of thiophene rings is 1. The molecule has 0 aliphatic carbocycles. The molecule has 2 aromatic rings. The number of rotatable bonds is 7. The normalized spacial score (nSPS) is 10.3. The molecule has 1 aromatic heterocycles. The van der Waals surface area contributed by atoms with Crippen LogP contribution in [0.15, 0.2) is 29.0 Å². The molecule has 0 unspecified atom stereocenters. The molecule has 1 heterocycles. The van der Waals surface area contributed by atoms with E-state index in [2.05, 4.69) is 5.32 Å². The van der Waals surface area contributed by atoms with Crippen LogP contribution in [0.4, 0.5) is 0 Å². The van der Waals surface area contributed by atoms with E-state index in [0.29, 0.717) is 28.6 Å². The molecule has 2 rings (SSSR count). The number of hydrogen-bond donors (Lipinski definition) is 2. The van der Waals surface area contributed by atoms with E-state index in [1.807, 2.05) is 10.8 Å². The minimum atomic E-state index is -0.237. The minimum Gasteiger partial charge on any atom is -0.493 e. The lowest BCUT2D eigenvalue weighted by atomic mass is 10.2. The van der Waals surface area contributed by atoms with Gasteiger partial charge in [0.15, 0.2) is 11.5 Å². The van der Waals surface area contributed by atoms with Crippen molar-refractivity contribution in [2.75, 3.05) is 20.3 Å². The van der Waals surface area contributed by atoms with Crippen LogP contribution in [0.1, 0.15) is 15.9 Å². The molecule has 0 saturated heterocycles. The highest BCUT2D eigenvalue weighted by atomic mass is 35.5. The van der Waals surface area contributed by atoms with Crippen molar-refractivity contribution in [1.82, 2.24) is 5.32 Å². The standard InChI is InChI=1S/C15H16ClNO4S/c1-20-13-3-2-10(6-14(13)21-5-4-18)15(19)17-7-11-8-22-9-12(11)16/h2-3,6,8-9,18H,4-5,7H2,1H3,(H,17,19). The lowest BCUT2D eigenvalue weighted by molar-refractivity contribution is 0.0950. The highest BCUT2D eigenvalue weighted by Gasteiger charge is 2.12. The summed E-state index contributed by atoms with van der Waals surface area (Å²) < 4.78 is 10.5. The number of hydrogen-bond acceptors (Lipinski definition) is 5. The van der Waals surface area contributed by atoms with Gasteiger partial charge in [-0.05, 0) is 23.6 Å². The van der Waals surface area contributed by atoms with E-state index in [1.54, 1.807) is 18.2 Å². The minimum absolute atomic E-state index is 0.115. The third-order valence-electron chi connectivity index (χ3n) is 2.90. The summed E-state index contributed by atoms with van der Waals surface area (Å²) in [6.07, 6.45) is 0. The van der Waals surface area contributed by atoms with Gasteiger partial charge in [0.05, 0.1) is 18.7 Å². The molecule has 0 saturated carbocycles. The Morgan fingerprint density at radius 3 is 2.82 bits per heavy atom. The molecule has 22 heavy (non-hydrogen) atoms. The van der Waals surface area contributed by atoms with Crippen LogP contribution in [0.2, 0.25) is 5.02 Å². The van der Waals surface area contributed by atoms with Gasteiger partial charge >= 0.3 is 0 Å². The number of ether oxygens (including phenoxy) is 2. The Morgan fingerprint density at radius 1 is 1.36 bits per heavy atom. The van der Waals surface area contributed by atoms with Gasteiger partial charge in [-0.2, -0.15) is 11.3 Å². The van der Waals surface area contributed by atoms with Crippen molar-refractivity contribution < 1.29 is 19.4 Å². The molecule has 0 atom stereocenters. The van der Waals surface area contributed by atoms with Crippen molar-refractivity contribution in [2.45, 2.75) is 6.54 Å². The Labute approximate surface area is 137 Å². The van der Waals surface area contributed by atoms with Crippen LogP contribution in [0.25, 0.3) is 0 Å². The molecule has 0 fully saturated rings. The SMILES string of the molecule is COc1ccc(C(=O)NCc2cscc2Cl)cc1OCCO. The highest BCUT2D eigenvalue weighted by molar-refractivity contribution is 7.08. The second-order valence-electron chi connectivity index (χ2n) is 4.37. The van der Waals surface area contributed by atoms with Crippen molar-refractivity contribution in [1.29, 1.82) is 0 Å². The molecule has 1 aromatic carbocycles. The maximum Gasteiger partial charge on any atom is 0.251 e. The predicted molar refractivity (Wildman–Crippen MR) is 86.1 cm³/mol. The molecule has 0 spiro atoms. The molecule has 0 radical (unpaired) electrons. The van der Waals surface area contributed by atoms with Gasteiger partial charge in [0.2, 0.25) is 0 Å². The number of nitrogens with one attached hydrogen (secondary N) is 1. The zero-order valence-electron chi connectivity index (χ0n) is 12.0. The zero-order chi connectivity index (χ0) is 15.9. The Balaban J connectivity index is 2.07. The Bertz CT molecular complexity index is 644. The average molecular weight is 342 g/mol. The lowest BCUT2D eigenvalue weighted by Crippen LogP contribution is -2.22. The summed E-state index contributed by atoms with van der Waals surface area (Å²) in [7, 11) is 1.51. The third-order valence-corrected chi connectivity index (χ3v) is 4.18. The van der Waals surface area contributed by atoms with E-state index < -0.39 is 0 Å². The Hall–Kier alpha value is -1.76. The van der Waals surface area contributed by atoms with E-state index in [1.165, 1.54) is 18.4 Å². The number of aliphatic hydroxyl groups is 1. The predicted octanol–water partition coefficient (Wildman–Crippen LogP) is 2.71. The molecule has 118 valence electrons. The first-order chi connectivity index (χ1) is 10.7. The van der Waals surface area contributed by atoms with Gasteiger partial charge in [0.1, 0.15) is 6.61 Å². The van der Waals surface area contributed by atoms with Crippen molar-refractivity contribution in [3.05, 3.63) is 45.1 Å². The van der Waals surface area contributed by atoms with Gasteiger partial charge in [-0.3, -0.25) is 4.79 Å². The van der Waals surface area contributed by atoms with Gasteiger partial charge in [-0.25, -0.2) is 0 Å². The number of carbonyl (C=O) groups excluding carboxylic acids is 1. The van der Waals surface area contributed by atoms with Gasteiger partial charge in [0, 0.05) is 23.1 Å². The van der Waals surface area contributed by atoms with Gasteiger partial charge in [-0.15, -0.1) is 0 Å². The highest BCUT2D eigenvalue weighted by Crippen LogP contribution is 2.28. The summed E-state index contributed by atoms with van der Waals surface area (Å²) in [5.41, 5.74) is 1.32. The lowest BCUT2D eigenvalue weighted by Gasteiger charge is -2.11. The van der Waals surface area contributed by atoms with Crippen LogP contribution in [0, 0.1) is 0 Å². The van der Waals surface area contributed by atoms with Crippen molar-refractivity contribution in [3.63, 3.8) is 0 Å². The van der Waals surface area contributed by atoms with E-state index in [9.17, 15) is 4.79 Å². The first-order valence-corrected chi connectivity index (χ1v) is 7.88. The fourth-order valence-electron chi connectivity index (χ4n) is 1.80. The fourth-order valence-corrected chi connectivity index (χ4v) is 2.85. The molecule has 0 aliphatic rings. The molecular formula is C15H16ClNO4S. The van der Waals surface area contributed by atoms with Crippen LogP contribution in [0.3, 0.4) is 0 Å². The molecule has 1 amide bonds. The van der Waals surface area contributed by atoms with Crippen molar-refractivity contribution >= 4 is 28.8 Å². The maximum absolute atomic E-state index is 12.2. The number of aliphatic hydroxyl groups excluding tert-OH is 1. The Kier molecular flexibility index (Phi) is 6.06. The summed E-state index contributed by atoms with van der Waals surface area (Å²) >= 11 is 7.48. The number of methoxy groups -OCH3 is 1. The number of benzene rings is 1. The zero-order valence-corrected chi connectivity index (χ0v) is 13.5. The van der Waals surface area contributed by atoms with Crippen LogP contribution >= 0.6 is 22.9 Å². The van der Waals surface area contributed by atoms with Crippen LogP contribution < -0.4 is 14.8 Å². The summed E-state index contributed by atoms with van der Waals surface area (Å²) in [5.74, 6) is 0.683. The number of carbonyl (C=O) groups is 1. The van der Waals surface area contributed by atoms with E-state index in [0.717, 1.165) is 5.56 Å². The quantitative estimate of drug-likeness (QED) is 0.812. The van der Waals surface area contributed by atoms with Crippen LogP contribution in [0.5, 0.6) is 11.5 Å². The molecule has 0 aliphatic heterocycles. The van der Waals surface area contributed by atoms with E-state index >= 15 is 0 Å². The number of amides is 1. The van der Waals surface area contributed by atoms with Gasteiger partial charge in [0.25, 0.3) is 5.91 Å². The van der Waals surface area contributed by atoms with Crippen molar-refractivity contribution in [3.8, 4) is 11.5 Å². The third kappa shape index (κ3) is 4.13. The van der Waals surface area contributed by atoms with E-state index in [4.69, 9.17) is 26.2 Å². The first-order valence-electron chi connectivity index (χ1n) is 6.56. The topological polar surface area (TPSA) is 67.8 Å². The molecule has 7 heteroatoms. The molecular weight excluding hydrogens is 326 g/mol. The first kappa shape index (κ1) is 16.6. The Morgan fingerprint density at radius 2 is 2.18 bits per heavy atom. The molecule has 0 bridgehead atoms. The largest absolute Gasteiger partial charge is 0.493 e. The average Bonchev–Trinajstić information content (AvgIpc) is 2.95. The maximum atomic E-state index is 12.2.